The van der Waals surface area contributed by atoms with Crippen LogP contribution in [0.4, 0.5) is 5.69 Å². The number of sulfonamides is 1. The average Bonchev–Trinajstić information content (AvgIpc) is 3.51. The number of anilines is 1. The molecule has 1 aliphatic rings. The predicted molar refractivity (Wildman–Crippen MR) is 193 cm³/mol. The standard InChI is InChI=1S/C38H41ClN4O5S/c1-47-32-16-12-28(13-17-32)24-42(25-29-14-18-33(48-2)19-15-29)49(45,46)37-22-31(41-38(44)20-30-10-6-7-11-35(30)39)21-36-34(37)23-40-43(36)26-27-8-4-3-5-9-27/h6-7,10-19,21-23,27H,3-5,8-9,20,24-26H2,1-2H3,(H,41,44). The Balaban J connectivity index is 1.41. The summed E-state index contributed by atoms with van der Waals surface area (Å²) in [7, 11) is -0.969. The van der Waals surface area contributed by atoms with Crippen molar-refractivity contribution in [2.45, 2.75) is 63.1 Å². The number of methoxy groups -OCH3 is 2. The second kappa shape index (κ2) is 15.4. The maximum atomic E-state index is 14.9. The van der Waals surface area contributed by atoms with Crippen LogP contribution in [0.5, 0.6) is 11.5 Å². The Morgan fingerprint density at radius 2 is 1.51 bits per heavy atom. The van der Waals surface area contributed by atoms with Crippen molar-refractivity contribution in [3.8, 4) is 11.5 Å². The Labute approximate surface area is 292 Å². The van der Waals surface area contributed by atoms with E-state index in [1.165, 1.54) is 23.6 Å². The van der Waals surface area contributed by atoms with Gasteiger partial charge < -0.3 is 14.8 Å². The first-order valence-corrected chi connectivity index (χ1v) is 18.3. The lowest BCUT2D eigenvalue weighted by molar-refractivity contribution is -0.115. The van der Waals surface area contributed by atoms with Gasteiger partial charge in [-0.25, -0.2) is 8.42 Å². The van der Waals surface area contributed by atoms with Crippen LogP contribution in [0.3, 0.4) is 0 Å². The Morgan fingerprint density at radius 3 is 2.10 bits per heavy atom. The minimum Gasteiger partial charge on any atom is -0.497 e. The molecule has 1 heterocycles. The zero-order valence-electron chi connectivity index (χ0n) is 27.8. The smallest absolute Gasteiger partial charge is 0.244 e. The molecule has 0 atom stereocenters. The van der Waals surface area contributed by atoms with E-state index in [0.29, 0.717) is 51.1 Å². The summed E-state index contributed by atoms with van der Waals surface area (Å²) in [5, 5.41) is 8.67. The topological polar surface area (TPSA) is 103 Å². The van der Waals surface area contributed by atoms with Crippen molar-refractivity contribution in [3.05, 3.63) is 113 Å². The Hall–Kier alpha value is -4.38. The Kier molecular flexibility index (Phi) is 10.9. The monoisotopic (exact) mass is 700 g/mol. The molecule has 0 radical (unpaired) electrons. The van der Waals surface area contributed by atoms with E-state index < -0.39 is 10.0 Å². The van der Waals surface area contributed by atoms with Crippen LogP contribution < -0.4 is 14.8 Å². The molecule has 0 aliphatic heterocycles. The van der Waals surface area contributed by atoms with Gasteiger partial charge in [-0.1, -0.05) is 73.3 Å². The normalized spacial score (nSPS) is 13.9. The fourth-order valence-corrected chi connectivity index (χ4v) is 8.27. The van der Waals surface area contributed by atoms with Crippen LogP contribution in [0.2, 0.25) is 5.02 Å². The molecule has 1 aliphatic carbocycles. The number of benzene rings is 4. The lowest BCUT2D eigenvalue weighted by Gasteiger charge is -2.24. The summed E-state index contributed by atoms with van der Waals surface area (Å²) in [6.45, 7) is 0.903. The van der Waals surface area contributed by atoms with Gasteiger partial charge in [-0.05, 0) is 77.9 Å². The number of nitrogens with one attached hydrogen (secondary N) is 1. The van der Waals surface area contributed by atoms with E-state index in [0.717, 1.165) is 24.0 Å². The van der Waals surface area contributed by atoms with E-state index in [2.05, 4.69) is 5.32 Å². The highest BCUT2D eigenvalue weighted by molar-refractivity contribution is 7.89. The van der Waals surface area contributed by atoms with Gasteiger partial charge in [0.1, 0.15) is 11.5 Å². The van der Waals surface area contributed by atoms with E-state index in [1.807, 2.05) is 71.4 Å². The Morgan fingerprint density at radius 1 is 0.898 bits per heavy atom. The van der Waals surface area contributed by atoms with Crippen LogP contribution in [-0.2, 0) is 40.9 Å². The van der Waals surface area contributed by atoms with Gasteiger partial charge in [0.15, 0.2) is 0 Å². The number of ether oxygens (including phenoxy) is 2. The fourth-order valence-electron chi connectivity index (χ4n) is 6.44. The number of nitrogens with zero attached hydrogens (tertiary/aromatic N) is 3. The lowest BCUT2D eigenvalue weighted by atomic mass is 9.89. The summed E-state index contributed by atoms with van der Waals surface area (Å²) >= 11 is 6.34. The number of carbonyl (C=O) groups excluding carboxylic acids is 1. The van der Waals surface area contributed by atoms with E-state index in [9.17, 15) is 13.2 Å². The molecule has 1 amide bonds. The molecule has 0 unspecified atom stereocenters. The summed E-state index contributed by atoms with van der Waals surface area (Å²) < 4.78 is 43.8. The minimum atomic E-state index is -4.15. The van der Waals surface area contributed by atoms with Crippen LogP contribution in [0.25, 0.3) is 10.9 Å². The first-order valence-electron chi connectivity index (χ1n) is 16.5. The second-order valence-electron chi connectivity index (χ2n) is 12.5. The van der Waals surface area contributed by atoms with E-state index in [-0.39, 0.29) is 30.3 Å². The van der Waals surface area contributed by atoms with Crippen LogP contribution in [0.15, 0.2) is 96.0 Å². The first kappa shape index (κ1) is 34.5. The average molecular weight is 701 g/mol. The van der Waals surface area contributed by atoms with E-state index in [4.69, 9.17) is 26.2 Å². The van der Waals surface area contributed by atoms with Crippen molar-refractivity contribution >= 4 is 44.1 Å². The molecule has 0 bridgehead atoms. The maximum absolute atomic E-state index is 14.9. The Bertz CT molecular complexity index is 1960. The summed E-state index contributed by atoms with van der Waals surface area (Å²) in [5.74, 6) is 1.51. The number of fused-ring (bicyclic) bond motifs is 1. The molecule has 1 fully saturated rings. The minimum absolute atomic E-state index is 0.0438. The number of rotatable bonds is 13. The SMILES string of the molecule is COc1ccc(CN(Cc2ccc(OC)cc2)S(=O)(=O)c2cc(NC(=O)Cc3ccccc3Cl)cc3c2cnn3CC2CCCCC2)cc1. The second-order valence-corrected chi connectivity index (χ2v) is 14.8. The first-order chi connectivity index (χ1) is 23.7. The molecule has 5 aromatic rings. The van der Waals surface area contributed by atoms with Gasteiger partial charge in [-0.15, -0.1) is 0 Å². The van der Waals surface area contributed by atoms with E-state index in [1.54, 1.807) is 38.6 Å². The van der Waals surface area contributed by atoms with Crippen molar-refractivity contribution in [2.24, 2.45) is 5.92 Å². The number of carbonyl (C=O) groups is 1. The van der Waals surface area contributed by atoms with Crippen LogP contribution in [0.1, 0.15) is 48.8 Å². The third-order valence-electron chi connectivity index (χ3n) is 9.13. The third kappa shape index (κ3) is 8.26. The highest BCUT2D eigenvalue weighted by Crippen LogP contribution is 2.34. The van der Waals surface area contributed by atoms with Gasteiger partial charge in [0.25, 0.3) is 0 Å². The van der Waals surface area contributed by atoms with Crippen molar-refractivity contribution in [2.75, 3.05) is 19.5 Å². The van der Waals surface area contributed by atoms with Crippen molar-refractivity contribution in [1.82, 2.24) is 14.1 Å². The molecular weight excluding hydrogens is 660 g/mol. The van der Waals surface area contributed by atoms with Gasteiger partial charge >= 0.3 is 0 Å². The molecule has 0 saturated heterocycles. The van der Waals surface area contributed by atoms with Crippen LogP contribution in [0, 0.1) is 5.92 Å². The van der Waals surface area contributed by atoms with Gasteiger partial charge in [0, 0.05) is 35.7 Å². The van der Waals surface area contributed by atoms with Crippen LogP contribution >= 0.6 is 11.6 Å². The number of hydrogen-bond acceptors (Lipinski definition) is 6. The summed E-state index contributed by atoms with van der Waals surface area (Å²) in [6.07, 6.45) is 7.49. The molecular formula is C38H41ClN4O5S. The highest BCUT2D eigenvalue weighted by atomic mass is 35.5. The maximum Gasteiger partial charge on any atom is 0.244 e. The zero-order chi connectivity index (χ0) is 34.4. The molecule has 0 spiro atoms. The summed E-state index contributed by atoms with van der Waals surface area (Å²) in [5.41, 5.74) is 3.32. The quantitative estimate of drug-likeness (QED) is 0.134. The highest BCUT2D eigenvalue weighted by Gasteiger charge is 2.30. The van der Waals surface area contributed by atoms with Crippen molar-refractivity contribution < 1.29 is 22.7 Å². The van der Waals surface area contributed by atoms with Crippen LogP contribution in [-0.4, -0.2) is 42.6 Å². The number of hydrogen-bond donors (Lipinski definition) is 1. The zero-order valence-corrected chi connectivity index (χ0v) is 29.3. The third-order valence-corrected chi connectivity index (χ3v) is 11.3. The molecule has 9 nitrogen and oxygen atoms in total. The van der Waals surface area contributed by atoms with Crippen molar-refractivity contribution in [3.63, 3.8) is 0 Å². The van der Waals surface area contributed by atoms with Gasteiger partial charge in [-0.3, -0.25) is 9.48 Å². The summed E-state index contributed by atoms with van der Waals surface area (Å²) in [4.78, 5) is 13.4. The molecule has 11 heteroatoms. The van der Waals surface area contributed by atoms with Gasteiger partial charge in [0.05, 0.1) is 37.2 Å². The molecule has 1 saturated carbocycles. The van der Waals surface area contributed by atoms with Crippen molar-refractivity contribution in [1.29, 1.82) is 0 Å². The molecule has 6 rings (SSSR count). The molecule has 1 aromatic heterocycles. The summed E-state index contributed by atoms with van der Waals surface area (Å²) in [6, 6.07) is 25.3. The van der Waals surface area contributed by atoms with Gasteiger partial charge in [0.2, 0.25) is 15.9 Å². The molecule has 1 N–H and O–H groups in total. The van der Waals surface area contributed by atoms with Gasteiger partial charge in [-0.2, -0.15) is 9.40 Å². The predicted octanol–water partition coefficient (Wildman–Crippen LogP) is 7.86. The fraction of sp³-hybridized carbons (Fsp3) is 0.316. The largest absolute Gasteiger partial charge is 0.497 e. The number of halogens is 1. The molecule has 256 valence electrons. The number of amides is 1. The molecule has 4 aromatic carbocycles. The molecule has 49 heavy (non-hydrogen) atoms. The number of aromatic nitrogens is 2. The van der Waals surface area contributed by atoms with E-state index >= 15 is 0 Å². The lowest BCUT2D eigenvalue weighted by Crippen LogP contribution is -2.30.